The van der Waals surface area contributed by atoms with Gasteiger partial charge in [0.15, 0.2) is 0 Å². The maximum Gasteiger partial charge on any atom is 0.0794 e. The van der Waals surface area contributed by atoms with Gasteiger partial charge in [0.1, 0.15) is 0 Å². The SMILES string of the molecule is CC(C)C1CCC(O)C(Cc2cncs2)C1. The molecule has 0 bridgehead atoms. The quantitative estimate of drug-likeness (QED) is 0.879. The topological polar surface area (TPSA) is 33.1 Å². The van der Waals surface area contributed by atoms with Gasteiger partial charge < -0.3 is 5.11 Å². The molecule has 1 fully saturated rings. The number of nitrogens with zero attached hydrogens (tertiary/aromatic N) is 1. The largest absolute Gasteiger partial charge is 0.393 e. The summed E-state index contributed by atoms with van der Waals surface area (Å²) in [6, 6.07) is 0. The number of aromatic nitrogens is 1. The Hall–Kier alpha value is -0.410. The van der Waals surface area contributed by atoms with Crippen molar-refractivity contribution in [3.05, 3.63) is 16.6 Å². The first kappa shape index (κ1) is 12.1. The van der Waals surface area contributed by atoms with Gasteiger partial charge in [0.25, 0.3) is 0 Å². The molecule has 0 amide bonds. The molecule has 1 aromatic rings. The Morgan fingerprint density at radius 1 is 1.50 bits per heavy atom. The summed E-state index contributed by atoms with van der Waals surface area (Å²) in [6.45, 7) is 4.60. The highest BCUT2D eigenvalue weighted by Gasteiger charge is 2.30. The highest BCUT2D eigenvalue weighted by atomic mass is 32.1. The molecule has 3 unspecified atom stereocenters. The maximum absolute atomic E-state index is 10.1. The summed E-state index contributed by atoms with van der Waals surface area (Å²) < 4.78 is 0. The average molecular weight is 239 g/mol. The molecular weight excluding hydrogens is 218 g/mol. The molecule has 1 aliphatic carbocycles. The molecular formula is C13H21NOS. The van der Waals surface area contributed by atoms with Crippen LogP contribution in [0.1, 0.15) is 38.0 Å². The van der Waals surface area contributed by atoms with Crippen LogP contribution >= 0.6 is 11.3 Å². The summed E-state index contributed by atoms with van der Waals surface area (Å²) in [4.78, 5) is 5.42. The fourth-order valence-electron chi connectivity index (χ4n) is 2.71. The minimum atomic E-state index is -0.0999. The molecule has 90 valence electrons. The van der Waals surface area contributed by atoms with Crippen LogP contribution in [0.2, 0.25) is 0 Å². The molecule has 3 atom stereocenters. The fraction of sp³-hybridized carbons (Fsp3) is 0.769. The minimum Gasteiger partial charge on any atom is -0.393 e. The van der Waals surface area contributed by atoms with Gasteiger partial charge in [0.05, 0.1) is 11.6 Å². The van der Waals surface area contributed by atoms with Crippen molar-refractivity contribution in [3.8, 4) is 0 Å². The Bertz CT molecular complexity index is 310. The van der Waals surface area contributed by atoms with E-state index in [1.165, 1.54) is 17.7 Å². The predicted molar refractivity (Wildman–Crippen MR) is 67.5 cm³/mol. The summed E-state index contributed by atoms with van der Waals surface area (Å²) in [7, 11) is 0. The van der Waals surface area contributed by atoms with Crippen LogP contribution in [0, 0.1) is 17.8 Å². The van der Waals surface area contributed by atoms with Crippen LogP contribution in [0.25, 0.3) is 0 Å². The smallest absolute Gasteiger partial charge is 0.0794 e. The van der Waals surface area contributed by atoms with Crippen LogP contribution in [0.15, 0.2) is 11.7 Å². The molecule has 0 radical (unpaired) electrons. The maximum atomic E-state index is 10.1. The molecule has 0 aromatic carbocycles. The van der Waals surface area contributed by atoms with Gasteiger partial charge in [-0.15, -0.1) is 11.3 Å². The average Bonchev–Trinajstić information content (AvgIpc) is 2.73. The van der Waals surface area contributed by atoms with Gasteiger partial charge in [-0.25, -0.2) is 0 Å². The molecule has 1 N–H and O–H groups in total. The third-order valence-corrected chi connectivity index (χ3v) is 4.67. The van der Waals surface area contributed by atoms with Crippen molar-refractivity contribution in [2.45, 2.75) is 45.6 Å². The lowest BCUT2D eigenvalue weighted by Gasteiger charge is -2.35. The van der Waals surface area contributed by atoms with Crippen LogP contribution in [0.3, 0.4) is 0 Å². The van der Waals surface area contributed by atoms with E-state index in [0.29, 0.717) is 5.92 Å². The first-order chi connectivity index (χ1) is 7.66. The zero-order chi connectivity index (χ0) is 11.5. The van der Waals surface area contributed by atoms with E-state index in [1.54, 1.807) is 11.3 Å². The minimum absolute atomic E-state index is 0.0999. The zero-order valence-corrected chi connectivity index (χ0v) is 10.9. The normalized spacial score (nSPS) is 30.9. The molecule has 1 aliphatic rings. The Labute approximate surface area is 102 Å². The van der Waals surface area contributed by atoms with Crippen molar-refractivity contribution in [3.63, 3.8) is 0 Å². The van der Waals surface area contributed by atoms with Gasteiger partial charge in [0, 0.05) is 11.1 Å². The number of aliphatic hydroxyl groups is 1. The molecule has 0 spiro atoms. The van der Waals surface area contributed by atoms with Crippen molar-refractivity contribution in [1.82, 2.24) is 4.98 Å². The summed E-state index contributed by atoms with van der Waals surface area (Å²) in [5.41, 5.74) is 1.88. The Morgan fingerprint density at radius 3 is 2.94 bits per heavy atom. The van der Waals surface area contributed by atoms with Crippen LogP contribution in [-0.2, 0) is 6.42 Å². The number of hydrogen-bond acceptors (Lipinski definition) is 3. The van der Waals surface area contributed by atoms with Gasteiger partial charge in [-0.05, 0) is 43.4 Å². The summed E-state index contributed by atoms with van der Waals surface area (Å²) in [6.07, 6.45) is 6.20. The third-order valence-electron chi connectivity index (χ3n) is 3.87. The van der Waals surface area contributed by atoms with E-state index in [0.717, 1.165) is 24.7 Å². The van der Waals surface area contributed by atoms with E-state index in [4.69, 9.17) is 0 Å². The lowest BCUT2D eigenvalue weighted by Crippen LogP contribution is -2.32. The second-order valence-corrected chi connectivity index (χ2v) is 6.29. The van der Waals surface area contributed by atoms with Crippen LogP contribution in [0.5, 0.6) is 0 Å². The Morgan fingerprint density at radius 2 is 2.31 bits per heavy atom. The summed E-state index contributed by atoms with van der Waals surface area (Å²) >= 11 is 1.71. The molecule has 0 aliphatic heterocycles. The molecule has 1 heterocycles. The molecule has 16 heavy (non-hydrogen) atoms. The fourth-order valence-corrected chi connectivity index (χ4v) is 3.40. The lowest BCUT2D eigenvalue weighted by atomic mass is 9.73. The lowest BCUT2D eigenvalue weighted by molar-refractivity contribution is 0.0382. The van der Waals surface area contributed by atoms with Crippen molar-refractivity contribution < 1.29 is 5.11 Å². The number of aliphatic hydroxyl groups excluding tert-OH is 1. The highest BCUT2D eigenvalue weighted by molar-refractivity contribution is 7.09. The summed E-state index contributed by atoms with van der Waals surface area (Å²) in [5.74, 6) is 1.99. The van der Waals surface area contributed by atoms with Crippen molar-refractivity contribution >= 4 is 11.3 Å². The first-order valence-corrected chi connectivity index (χ1v) is 7.10. The van der Waals surface area contributed by atoms with Crippen LogP contribution in [-0.4, -0.2) is 16.2 Å². The van der Waals surface area contributed by atoms with E-state index in [-0.39, 0.29) is 6.10 Å². The van der Waals surface area contributed by atoms with E-state index >= 15 is 0 Å². The van der Waals surface area contributed by atoms with E-state index < -0.39 is 0 Å². The highest BCUT2D eigenvalue weighted by Crippen LogP contribution is 2.35. The molecule has 1 aromatic heterocycles. The number of hydrogen-bond donors (Lipinski definition) is 1. The number of thiazole rings is 1. The van der Waals surface area contributed by atoms with Crippen molar-refractivity contribution in [2.24, 2.45) is 17.8 Å². The van der Waals surface area contributed by atoms with E-state index in [1.807, 2.05) is 11.7 Å². The van der Waals surface area contributed by atoms with Crippen LogP contribution < -0.4 is 0 Å². The third kappa shape index (κ3) is 2.83. The molecule has 1 saturated carbocycles. The van der Waals surface area contributed by atoms with Crippen molar-refractivity contribution in [1.29, 1.82) is 0 Å². The Balaban J connectivity index is 1.96. The Kier molecular flexibility index (Phi) is 3.98. The second-order valence-electron chi connectivity index (χ2n) is 5.32. The van der Waals surface area contributed by atoms with Crippen molar-refractivity contribution in [2.75, 3.05) is 0 Å². The molecule has 0 saturated heterocycles. The first-order valence-electron chi connectivity index (χ1n) is 6.22. The standard InChI is InChI=1S/C13H21NOS/c1-9(2)10-3-4-13(15)11(5-10)6-12-7-14-8-16-12/h7-11,13,15H,3-6H2,1-2H3. The van der Waals surface area contributed by atoms with Gasteiger partial charge in [0.2, 0.25) is 0 Å². The molecule has 2 nitrogen and oxygen atoms in total. The molecule has 2 rings (SSSR count). The second kappa shape index (κ2) is 5.28. The molecule has 3 heteroatoms. The van der Waals surface area contributed by atoms with E-state index in [9.17, 15) is 5.11 Å². The van der Waals surface area contributed by atoms with Gasteiger partial charge in [-0.1, -0.05) is 13.8 Å². The van der Waals surface area contributed by atoms with Gasteiger partial charge >= 0.3 is 0 Å². The van der Waals surface area contributed by atoms with Gasteiger partial charge in [-0.2, -0.15) is 0 Å². The van der Waals surface area contributed by atoms with Gasteiger partial charge in [-0.3, -0.25) is 4.98 Å². The monoisotopic (exact) mass is 239 g/mol. The zero-order valence-electron chi connectivity index (χ0n) is 10.1. The van der Waals surface area contributed by atoms with E-state index in [2.05, 4.69) is 18.8 Å². The predicted octanol–water partition coefficient (Wildman–Crippen LogP) is 3.12. The van der Waals surface area contributed by atoms with Crippen LogP contribution in [0.4, 0.5) is 0 Å². The number of rotatable bonds is 3. The summed E-state index contributed by atoms with van der Waals surface area (Å²) in [5, 5.41) is 10.1.